The van der Waals surface area contributed by atoms with E-state index in [2.05, 4.69) is 27.8 Å². The zero-order chi connectivity index (χ0) is 12.9. The summed E-state index contributed by atoms with van der Waals surface area (Å²) >= 11 is 3.19. The molecule has 0 aromatic heterocycles. The Morgan fingerprint density at radius 1 is 1.44 bits per heavy atom. The van der Waals surface area contributed by atoms with E-state index >= 15 is 0 Å². The molecule has 0 amide bonds. The standard InChI is InChI=1S/C14H17BrFNO/c1-9-7-14(18,8-17(9)10-5-6-10)11-3-2-4-12(15)13(11)16/h2-4,9-10,18H,5-8H2,1H3. The zero-order valence-corrected chi connectivity index (χ0v) is 12.0. The summed E-state index contributed by atoms with van der Waals surface area (Å²) in [5.74, 6) is -0.329. The number of β-amino-alcohol motifs (C(OH)–C–C–N with tert-alkyl or cyclic N) is 1. The van der Waals surface area contributed by atoms with Crippen LogP contribution >= 0.6 is 15.9 Å². The van der Waals surface area contributed by atoms with Crippen LogP contribution in [0.25, 0.3) is 0 Å². The second kappa shape index (κ2) is 4.29. The fourth-order valence-electron chi connectivity index (χ4n) is 3.08. The third-order valence-electron chi connectivity index (χ3n) is 4.11. The Kier molecular flexibility index (Phi) is 3.00. The van der Waals surface area contributed by atoms with Crippen molar-refractivity contribution in [3.05, 3.63) is 34.1 Å². The number of hydrogen-bond acceptors (Lipinski definition) is 2. The highest BCUT2D eigenvalue weighted by Crippen LogP contribution is 2.43. The van der Waals surface area contributed by atoms with Crippen molar-refractivity contribution >= 4 is 15.9 Å². The molecule has 0 spiro atoms. The Bertz CT molecular complexity index is 477. The van der Waals surface area contributed by atoms with E-state index in [1.165, 1.54) is 12.8 Å². The first kappa shape index (κ1) is 12.6. The van der Waals surface area contributed by atoms with Gasteiger partial charge < -0.3 is 5.11 Å². The first-order valence-electron chi connectivity index (χ1n) is 6.44. The molecule has 2 unspecified atom stereocenters. The second-order valence-electron chi connectivity index (χ2n) is 5.59. The summed E-state index contributed by atoms with van der Waals surface area (Å²) in [5, 5.41) is 10.8. The van der Waals surface area contributed by atoms with Crippen LogP contribution in [0.3, 0.4) is 0 Å². The minimum absolute atomic E-state index is 0.320. The Balaban J connectivity index is 1.93. The highest BCUT2D eigenvalue weighted by molar-refractivity contribution is 9.10. The van der Waals surface area contributed by atoms with Gasteiger partial charge >= 0.3 is 0 Å². The Morgan fingerprint density at radius 2 is 2.17 bits per heavy atom. The summed E-state index contributed by atoms with van der Waals surface area (Å²) in [7, 11) is 0. The molecule has 4 heteroatoms. The normalized spacial score (nSPS) is 33.0. The van der Waals surface area contributed by atoms with E-state index in [4.69, 9.17) is 0 Å². The number of aliphatic hydroxyl groups is 1. The van der Waals surface area contributed by atoms with Gasteiger partial charge in [0.15, 0.2) is 0 Å². The summed E-state index contributed by atoms with van der Waals surface area (Å²) in [6.07, 6.45) is 3.03. The predicted octanol–water partition coefficient (Wildman–Crippen LogP) is 3.03. The molecule has 1 saturated heterocycles. The molecular formula is C14H17BrFNO. The summed E-state index contributed by atoms with van der Waals surface area (Å²) in [5.41, 5.74) is -0.623. The van der Waals surface area contributed by atoms with Gasteiger partial charge in [-0.25, -0.2) is 4.39 Å². The molecule has 0 radical (unpaired) electrons. The van der Waals surface area contributed by atoms with E-state index in [9.17, 15) is 9.50 Å². The van der Waals surface area contributed by atoms with Crippen LogP contribution in [-0.2, 0) is 5.60 Å². The van der Waals surface area contributed by atoms with Gasteiger partial charge in [-0.15, -0.1) is 0 Å². The lowest BCUT2D eigenvalue weighted by atomic mass is 9.91. The Hall–Kier alpha value is -0.450. The molecule has 98 valence electrons. The monoisotopic (exact) mass is 313 g/mol. The summed E-state index contributed by atoms with van der Waals surface area (Å²) in [6, 6.07) is 6.07. The van der Waals surface area contributed by atoms with Crippen molar-refractivity contribution in [3.63, 3.8) is 0 Å². The van der Waals surface area contributed by atoms with Crippen molar-refractivity contribution in [2.45, 2.75) is 43.9 Å². The first-order valence-corrected chi connectivity index (χ1v) is 7.23. The van der Waals surface area contributed by atoms with E-state index in [0.29, 0.717) is 35.1 Å². The van der Waals surface area contributed by atoms with Crippen LogP contribution in [0, 0.1) is 5.82 Å². The van der Waals surface area contributed by atoms with E-state index in [1.54, 1.807) is 18.2 Å². The molecule has 1 aliphatic heterocycles. The number of halogens is 2. The van der Waals surface area contributed by atoms with E-state index in [1.807, 2.05) is 0 Å². The SMILES string of the molecule is CC1CC(O)(c2cccc(Br)c2F)CN1C1CC1. The minimum Gasteiger partial charge on any atom is -0.384 e. The minimum atomic E-state index is -1.05. The zero-order valence-electron chi connectivity index (χ0n) is 10.4. The third kappa shape index (κ3) is 2.00. The van der Waals surface area contributed by atoms with E-state index in [-0.39, 0.29) is 5.82 Å². The van der Waals surface area contributed by atoms with Gasteiger partial charge in [0.05, 0.1) is 4.47 Å². The lowest BCUT2D eigenvalue weighted by molar-refractivity contribution is 0.0415. The molecule has 3 rings (SSSR count). The van der Waals surface area contributed by atoms with Crippen molar-refractivity contribution in [1.82, 2.24) is 4.90 Å². The van der Waals surface area contributed by atoms with E-state index < -0.39 is 5.60 Å². The average molecular weight is 314 g/mol. The molecule has 1 aromatic carbocycles. The smallest absolute Gasteiger partial charge is 0.143 e. The quantitative estimate of drug-likeness (QED) is 0.907. The molecule has 1 aromatic rings. The van der Waals surface area contributed by atoms with Gasteiger partial charge in [0.1, 0.15) is 11.4 Å². The van der Waals surface area contributed by atoms with Crippen molar-refractivity contribution in [2.75, 3.05) is 6.54 Å². The highest BCUT2D eigenvalue weighted by Gasteiger charge is 2.47. The van der Waals surface area contributed by atoms with Crippen LogP contribution in [0.5, 0.6) is 0 Å². The third-order valence-corrected chi connectivity index (χ3v) is 4.72. The number of hydrogen-bond donors (Lipinski definition) is 1. The summed E-state index contributed by atoms with van der Waals surface area (Å²) in [6.45, 7) is 2.67. The van der Waals surface area contributed by atoms with Crippen molar-refractivity contribution in [3.8, 4) is 0 Å². The van der Waals surface area contributed by atoms with E-state index in [0.717, 1.165) is 0 Å². The molecule has 0 bridgehead atoms. The van der Waals surface area contributed by atoms with Crippen molar-refractivity contribution < 1.29 is 9.50 Å². The number of benzene rings is 1. The maximum atomic E-state index is 14.1. The van der Waals surface area contributed by atoms with Crippen LogP contribution in [0.2, 0.25) is 0 Å². The van der Waals surface area contributed by atoms with Gasteiger partial charge in [-0.3, -0.25) is 4.90 Å². The molecule has 2 atom stereocenters. The Labute approximate surface area is 115 Å². The second-order valence-corrected chi connectivity index (χ2v) is 6.44. The fraction of sp³-hybridized carbons (Fsp3) is 0.571. The summed E-state index contributed by atoms with van der Waals surface area (Å²) in [4.78, 5) is 2.32. The molecule has 1 N–H and O–H groups in total. The predicted molar refractivity (Wildman–Crippen MR) is 71.8 cm³/mol. The van der Waals surface area contributed by atoms with Crippen LogP contribution in [0.4, 0.5) is 4.39 Å². The Morgan fingerprint density at radius 3 is 2.83 bits per heavy atom. The summed E-state index contributed by atoms with van der Waals surface area (Å²) < 4.78 is 14.6. The molecule has 2 aliphatic rings. The molecule has 1 saturated carbocycles. The van der Waals surface area contributed by atoms with Crippen LogP contribution in [0.1, 0.15) is 31.7 Å². The highest BCUT2D eigenvalue weighted by atomic mass is 79.9. The maximum Gasteiger partial charge on any atom is 0.143 e. The molecule has 18 heavy (non-hydrogen) atoms. The lowest BCUT2D eigenvalue weighted by Gasteiger charge is -2.25. The van der Waals surface area contributed by atoms with Gasteiger partial charge in [-0.1, -0.05) is 12.1 Å². The molecule has 1 heterocycles. The molecule has 2 fully saturated rings. The topological polar surface area (TPSA) is 23.5 Å². The maximum absolute atomic E-state index is 14.1. The number of nitrogens with zero attached hydrogens (tertiary/aromatic N) is 1. The van der Waals surface area contributed by atoms with Crippen molar-refractivity contribution in [1.29, 1.82) is 0 Å². The van der Waals surface area contributed by atoms with Crippen LogP contribution in [-0.4, -0.2) is 28.6 Å². The first-order chi connectivity index (χ1) is 8.51. The molecule has 2 nitrogen and oxygen atoms in total. The van der Waals surface area contributed by atoms with Gasteiger partial charge in [0.2, 0.25) is 0 Å². The largest absolute Gasteiger partial charge is 0.384 e. The average Bonchev–Trinajstić information content (AvgIpc) is 3.09. The lowest BCUT2D eigenvalue weighted by Crippen LogP contribution is -2.33. The van der Waals surface area contributed by atoms with Crippen molar-refractivity contribution in [2.24, 2.45) is 0 Å². The van der Waals surface area contributed by atoms with Gasteiger partial charge in [-0.2, -0.15) is 0 Å². The number of likely N-dealkylation sites (tertiary alicyclic amines) is 1. The van der Waals surface area contributed by atoms with Gasteiger partial charge in [0, 0.05) is 24.2 Å². The van der Waals surface area contributed by atoms with Crippen LogP contribution in [0.15, 0.2) is 22.7 Å². The van der Waals surface area contributed by atoms with Crippen LogP contribution < -0.4 is 0 Å². The fourth-order valence-corrected chi connectivity index (χ4v) is 3.45. The molecule has 1 aliphatic carbocycles. The number of rotatable bonds is 2. The van der Waals surface area contributed by atoms with Gasteiger partial charge in [-0.05, 0) is 48.2 Å². The van der Waals surface area contributed by atoms with Gasteiger partial charge in [0.25, 0.3) is 0 Å². The molecular weight excluding hydrogens is 297 g/mol.